The highest BCUT2D eigenvalue weighted by molar-refractivity contribution is 8.26. The van der Waals surface area contributed by atoms with Crippen LogP contribution in [0.25, 0.3) is 5.57 Å². The van der Waals surface area contributed by atoms with Crippen molar-refractivity contribution in [3.63, 3.8) is 0 Å². The molecular formula is C19H18N2O6S2. The number of carboxylic acids is 2. The molecule has 0 aliphatic carbocycles. The van der Waals surface area contributed by atoms with Gasteiger partial charge < -0.3 is 10.2 Å². The van der Waals surface area contributed by atoms with Gasteiger partial charge in [-0.2, -0.15) is 0 Å². The fraction of sp³-hybridized carbons (Fsp3) is 0.316. The average Bonchev–Trinajstić information content (AvgIpc) is 3.06. The number of para-hydroxylation sites is 1. The molecule has 0 aromatic heterocycles. The first-order valence-electron chi connectivity index (χ1n) is 8.79. The van der Waals surface area contributed by atoms with Crippen LogP contribution in [0.3, 0.4) is 0 Å². The molecule has 1 atom stereocenters. The smallest absolute Gasteiger partial charge is 0.326 e. The number of carboxylic acid groups (broad SMARTS) is 2. The number of amides is 2. The number of rotatable bonds is 6. The molecule has 29 heavy (non-hydrogen) atoms. The molecule has 0 unspecified atom stereocenters. The van der Waals surface area contributed by atoms with Crippen LogP contribution in [0.1, 0.15) is 25.8 Å². The minimum Gasteiger partial charge on any atom is -0.480 e. The Morgan fingerprint density at radius 2 is 1.79 bits per heavy atom. The maximum Gasteiger partial charge on any atom is 0.326 e. The summed E-state index contributed by atoms with van der Waals surface area (Å²) in [4.78, 5) is 51.2. The third-order valence-corrected chi connectivity index (χ3v) is 5.94. The van der Waals surface area contributed by atoms with Crippen LogP contribution < -0.4 is 4.90 Å². The summed E-state index contributed by atoms with van der Waals surface area (Å²) in [6.45, 7) is 3.13. The van der Waals surface area contributed by atoms with Gasteiger partial charge in [-0.25, -0.2) is 4.79 Å². The molecule has 2 heterocycles. The number of hydrogen-bond acceptors (Lipinski definition) is 6. The molecule has 1 aromatic carbocycles. The fourth-order valence-corrected chi connectivity index (χ4v) is 4.78. The van der Waals surface area contributed by atoms with Crippen molar-refractivity contribution in [1.29, 1.82) is 0 Å². The van der Waals surface area contributed by atoms with Gasteiger partial charge >= 0.3 is 11.9 Å². The summed E-state index contributed by atoms with van der Waals surface area (Å²) >= 11 is 6.14. The number of thiocarbonyl (C=S) groups is 1. The van der Waals surface area contributed by atoms with Gasteiger partial charge in [0.2, 0.25) is 0 Å². The quantitative estimate of drug-likeness (QED) is 0.517. The van der Waals surface area contributed by atoms with E-state index < -0.39 is 36.3 Å². The van der Waals surface area contributed by atoms with Gasteiger partial charge in [-0.3, -0.25) is 24.2 Å². The van der Waals surface area contributed by atoms with Crippen LogP contribution in [-0.4, -0.2) is 55.8 Å². The Hall–Kier alpha value is -2.72. The lowest BCUT2D eigenvalue weighted by atomic mass is 10.0. The predicted octanol–water partition coefficient (Wildman–Crippen LogP) is 2.19. The van der Waals surface area contributed by atoms with Gasteiger partial charge in [-0.1, -0.05) is 56.0 Å². The molecular weight excluding hydrogens is 416 g/mol. The van der Waals surface area contributed by atoms with E-state index in [0.29, 0.717) is 11.3 Å². The van der Waals surface area contributed by atoms with E-state index in [0.717, 1.165) is 21.6 Å². The normalized spacial score (nSPS) is 19.9. The molecule has 152 valence electrons. The van der Waals surface area contributed by atoms with Gasteiger partial charge in [0.15, 0.2) is 0 Å². The lowest BCUT2D eigenvalue weighted by Gasteiger charge is -2.24. The Morgan fingerprint density at radius 3 is 2.38 bits per heavy atom. The highest BCUT2D eigenvalue weighted by atomic mass is 32.2. The molecule has 0 bridgehead atoms. The molecule has 2 N–H and O–H groups in total. The molecule has 8 nitrogen and oxygen atoms in total. The lowest BCUT2D eigenvalue weighted by molar-refractivity contribution is -0.145. The number of nitrogens with zero attached hydrogens (tertiary/aromatic N) is 2. The topological polar surface area (TPSA) is 115 Å². The van der Waals surface area contributed by atoms with Crippen LogP contribution in [0.4, 0.5) is 5.69 Å². The molecule has 0 radical (unpaired) electrons. The third-order valence-electron chi connectivity index (χ3n) is 4.53. The zero-order valence-electron chi connectivity index (χ0n) is 15.6. The molecule has 0 spiro atoms. The Labute approximate surface area is 176 Å². The number of thioether (sulfide) groups is 1. The van der Waals surface area contributed by atoms with Crippen LogP contribution in [0.15, 0.2) is 29.2 Å². The number of fused-ring (bicyclic) bond motifs is 1. The Bertz CT molecular complexity index is 971. The van der Waals surface area contributed by atoms with Crippen molar-refractivity contribution in [3.05, 3.63) is 34.7 Å². The Kier molecular flexibility index (Phi) is 5.76. The van der Waals surface area contributed by atoms with Crippen molar-refractivity contribution in [2.24, 2.45) is 5.92 Å². The highest BCUT2D eigenvalue weighted by Gasteiger charge is 2.46. The van der Waals surface area contributed by atoms with Gasteiger partial charge in [0.25, 0.3) is 11.8 Å². The zero-order chi connectivity index (χ0) is 21.5. The average molecular weight is 434 g/mol. The number of carbonyl (C=O) groups excluding carboxylic acids is 2. The van der Waals surface area contributed by atoms with Crippen molar-refractivity contribution in [2.75, 3.05) is 11.4 Å². The van der Waals surface area contributed by atoms with E-state index in [1.54, 1.807) is 24.3 Å². The van der Waals surface area contributed by atoms with E-state index in [9.17, 15) is 24.3 Å². The van der Waals surface area contributed by atoms with Crippen molar-refractivity contribution in [1.82, 2.24) is 4.90 Å². The van der Waals surface area contributed by atoms with Crippen LogP contribution in [0.2, 0.25) is 0 Å². The molecule has 2 aliphatic heterocycles. The molecule has 2 aliphatic rings. The molecule has 10 heteroatoms. The SMILES string of the molecule is CC(C)C[C@H](C(=O)O)N1C(=O)/C(=C2/C(=O)N(CC(=O)O)c3ccccc32)SC1=S. The third kappa shape index (κ3) is 3.77. The van der Waals surface area contributed by atoms with Gasteiger partial charge in [0.1, 0.15) is 16.9 Å². The first kappa shape index (κ1) is 21.0. The first-order chi connectivity index (χ1) is 13.6. The maximum absolute atomic E-state index is 13.1. The van der Waals surface area contributed by atoms with Crippen molar-refractivity contribution in [2.45, 2.75) is 26.3 Å². The maximum atomic E-state index is 13.1. The predicted molar refractivity (Wildman–Crippen MR) is 111 cm³/mol. The zero-order valence-corrected chi connectivity index (χ0v) is 17.2. The molecule has 1 saturated heterocycles. The molecule has 0 saturated carbocycles. The monoisotopic (exact) mass is 434 g/mol. The number of anilines is 1. The van der Waals surface area contributed by atoms with E-state index in [1.807, 2.05) is 13.8 Å². The van der Waals surface area contributed by atoms with E-state index in [1.165, 1.54) is 0 Å². The Morgan fingerprint density at radius 1 is 1.14 bits per heavy atom. The van der Waals surface area contributed by atoms with E-state index >= 15 is 0 Å². The van der Waals surface area contributed by atoms with Crippen LogP contribution >= 0.6 is 24.0 Å². The van der Waals surface area contributed by atoms with Gasteiger partial charge in [-0.15, -0.1) is 0 Å². The summed E-state index contributed by atoms with van der Waals surface area (Å²) in [6, 6.07) is 5.43. The minimum absolute atomic E-state index is 0.00768. The fourth-order valence-electron chi connectivity index (χ4n) is 3.35. The summed E-state index contributed by atoms with van der Waals surface area (Å²) in [5, 5.41) is 18.7. The summed E-state index contributed by atoms with van der Waals surface area (Å²) in [6.07, 6.45) is 0.208. The molecule has 2 amide bonds. The second-order valence-corrected chi connectivity index (χ2v) is 8.68. The summed E-state index contributed by atoms with van der Waals surface area (Å²) < 4.78 is 0.0625. The van der Waals surface area contributed by atoms with Gasteiger partial charge in [0.05, 0.1) is 16.2 Å². The standard InChI is InChI=1S/C19H18N2O6S2/c1-9(2)7-12(18(26)27)21-17(25)15(29-19(21)28)14-10-5-3-4-6-11(10)20(16(14)24)8-13(22)23/h3-6,9,12H,7-8H2,1-2H3,(H,22,23)(H,26,27)/b15-14-/t12-/m1/s1. The van der Waals surface area contributed by atoms with Gasteiger partial charge in [-0.05, 0) is 18.4 Å². The van der Waals surface area contributed by atoms with E-state index in [2.05, 4.69) is 0 Å². The number of carbonyl (C=O) groups is 4. The number of aliphatic carboxylic acids is 2. The molecule has 3 rings (SSSR count). The van der Waals surface area contributed by atoms with Gasteiger partial charge in [0, 0.05) is 5.56 Å². The van der Waals surface area contributed by atoms with E-state index in [4.69, 9.17) is 17.3 Å². The minimum atomic E-state index is -1.19. The number of hydrogen-bond donors (Lipinski definition) is 2. The highest BCUT2D eigenvalue weighted by Crippen LogP contribution is 2.45. The van der Waals surface area contributed by atoms with Crippen molar-refractivity contribution < 1.29 is 29.4 Å². The molecule has 1 fully saturated rings. The molecule has 1 aromatic rings. The van der Waals surface area contributed by atoms with E-state index in [-0.39, 0.29) is 27.1 Å². The largest absolute Gasteiger partial charge is 0.480 e. The summed E-state index contributed by atoms with van der Waals surface area (Å²) in [7, 11) is 0. The van der Waals surface area contributed by atoms with Crippen molar-refractivity contribution >= 4 is 63.3 Å². The van der Waals surface area contributed by atoms with Crippen LogP contribution in [0.5, 0.6) is 0 Å². The summed E-state index contributed by atoms with van der Waals surface area (Å²) in [5.41, 5.74) is 0.863. The first-order valence-corrected chi connectivity index (χ1v) is 10.0. The second kappa shape index (κ2) is 7.96. The van der Waals surface area contributed by atoms with Crippen LogP contribution in [0, 0.1) is 5.92 Å². The second-order valence-electron chi connectivity index (χ2n) is 7.03. The van der Waals surface area contributed by atoms with Crippen molar-refractivity contribution in [3.8, 4) is 0 Å². The number of benzene rings is 1. The summed E-state index contributed by atoms with van der Waals surface area (Å²) in [5.74, 6) is -3.63. The lowest BCUT2D eigenvalue weighted by Crippen LogP contribution is -2.44. The Balaban J connectivity index is 2.09. The van der Waals surface area contributed by atoms with Crippen LogP contribution in [-0.2, 0) is 19.2 Å².